The number of benzene rings is 1. The molecule has 180 valence electrons. The van der Waals surface area contributed by atoms with Gasteiger partial charge in [-0.25, -0.2) is 0 Å². The molecule has 32 heavy (non-hydrogen) atoms. The number of aryl methyl sites for hydroxylation is 1. The molecule has 0 spiro atoms. The lowest BCUT2D eigenvalue weighted by Crippen LogP contribution is -2.39. The Balaban J connectivity index is 1.56. The van der Waals surface area contributed by atoms with E-state index < -0.39 is 23.8 Å². The molecule has 1 saturated heterocycles. The quantitative estimate of drug-likeness (QED) is 0.132. The monoisotopic (exact) mass is 448 g/mol. The van der Waals surface area contributed by atoms with Crippen molar-refractivity contribution in [3.8, 4) is 0 Å². The van der Waals surface area contributed by atoms with Crippen molar-refractivity contribution >= 4 is 11.9 Å². The lowest BCUT2D eigenvalue weighted by atomic mass is 9.95. The third-order valence-corrected chi connectivity index (χ3v) is 5.79. The summed E-state index contributed by atoms with van der Waals surface area (Å²) in [7, 11) is 0. The Morgan fingerprint density at radius 3 is 1.84 bits per heavy atom. The van der Waals surface area contributed by atoms with Crippen molar-refractivity contribution in [3.05, 3.63) is 35.4 Å². The van der Waals surface area contributed by atoms with Crippen LogP contribution in [0.4, 0.5) is 0 Å². The van der Waals surface area contributed by atoms with Crippen LogP contribution in [0.25, 0.3) is 0 Å². The molecule has 1 aromatic rings. The molecule has 1 aromatic carbocycles. The van der Waals surface area contributed by atoms with Gasteiger partial charge in [-0.1, -0.05) is 56.4 Å². The number of hydrogen-bond acceptors (Lipinski definition) is 6. The summed E-state index contributed by atoms with van der Waals surface area (Å²) in [6.45, 7) is 7.64. The highest BCUT2D eigenvalue weighted by Gasteiger charge is 2.34. The molecule has 0 aromatic heterocycles. The van der Waals surface area contributed by atoms with Crippen LogP contribution in [0.15, 0.2) is 24.3 Å². The van der Waals surface area contributed by atoms with E-state index in [4.69, 9.17) is 14.2 Å². The molecule has 1 fully saturated rings. The van der Waals surface area contributed by atoms with E-state index in [-0.39, 0.29) is 6.42 Å². The molecule has 2 rings (SSSR count). The summed E-state index contributed by atoms with van der Waals surface area (Å²) in [6, 6.07) is 8.03. The minimum atomic E-state index is -0.874. The Morgan fingerprint density at radius 1 is 0.812 bits per heavy atom. The molecule has 1 atom stereocenters. The fourth-order valence-corrected chi connectivity index (χ4v) is 4.20. The van der Waals surface area contributed by atoms with Gasteiger partial charge in [0, 0.05) is 26.2 Å². The highest BCUT2D eigenvalue weighted by molar-refractivity contribution is 5.97. The maximum atomic E-state index is 11.7. The smallest absolute Gasteiger partial charge is 0.321 e. The molecule has 0 saturated carbocycles. The van der Waals surface area contributed by atoms with Gasteiger partial charge in [-0.15, -0.1) is 0 Å². The van der Waals surface area contributed by atoms with E-state index >= 15 is 0 Å². The van der Waals surface area contributed by atoms with Crippen LogP contribution in [0.2, 0.25) is 0 Å². The second-order valence-electron chi connectivity index (χ2n) is 8.25. The number of unbranched alkanes of at least 4 members (excludes halogenated alkanes) is 6. The molecule has 1 unspecified atom stereocenters. The normalized spacial score (nSPS) is 16.5. The predicted octanol–water partition coefficient (Wildman–Crippen LogP) is 5.67. The first-order chi connectivity index (χ1) is 15.5. The molecule has 0 bridgehead atoms. The lowest BCUT2D eigenvalue weighted by Gasteiger charge is -2.32. The molecule has 6 heteroatoms. The molecule has 1 aliphatic rings. The van der Waals surface area contributed by atoms with E-state index in [1.807, 2.05) is 32.9 Å². The first-order valence-corrected chi connectivity index (χ1v) is 12.3. The lowest BCUT2D eigenvalue weighted by molar-refractivity contribution is -0.380. The van der Waals surface area contributed by atoms with Gasteiger partial charge in [0.1, 0.15) is 0 Å². The number of hydrogen-bond donors (Lipinski definition) is 0. The maximum Gasteiger partial charge on any atom is 0.321 e. The van der Waals surface area contributed by atoms with E-state index in [0.29, 0.717) is 19.8 Å². The number of carbonyl (C=O) groups excluding carboxylic acids is 2. The first-order valence-electron chi connectivity index (χ1n) is 12.3. The van der Waals surface area contributed by atoms with Crippen LogP contribution in [0.5, 0.6) is 0 Å². The van der Waals surface area contributed by atoms with E-state index in [1.54, 1.807) is 0 Å². The summed E-state index contributed by atoms with van der Waals surface area (Å²) in [5.41, 5.74) is 2.14. The SMILES string of the molecule is CCOC(CCCCCCCCCc1ccc(C2CC(=O)OC2=O)cc1)(OCC)OCC. The molecule has 1 heterocycles. The van der Waals surface area contributed by atoms with Crippen LogP contribution in [0.1, 0.15) is 95.6 Å². The van der Waals surface area contributed by atoms with Crippen molar-refractivity contribution < 1.29 is 28.5 Å². The largest absolute Gasteiger partial charge is 0.393 e. The molecular formula is C26H40O6. The van der Waals surface area contributed by atoms with Crippen LogP contribution < -0.4 is 0 Å². The van der Waals surface area contributed by atoms with E-state index in [9.17, 15) is 9.59 Å². The van der Waals surface area contributed by atoms with Gasteiger partial charge in [-0.3, -0.25) is 9.59 Å². The Kier molecular flexibility index (Phi) is 11.9. The van der Waals surface area contributed by atoms with Gasteiger partial charge >= 0.3 is 11.9 Å². The standard InChI is InChI=1S/C26H40O6/c1-4-29-26(30-5-2,31-6-3)19-13-11-9-7-8-10-12-14-21-15-17-22(18-16-21)23-20-24(27)32-25(23)28/h15-18,23H,4-14,19-20H2,1-3H3. The van der Waals surface area contributed by atoms with Gasteiger partial charge in [0.2, 0.25) is 0 Å². The first kappa shape index (κ1) is 26.5. The second-order valence-corrected chi connectivity index (χ2v) is 8.25. The number of ether oxygens (including phenoxy) is 4. The molecule has 0 N–H and O–H groups in total. The highest BCUT2D eigenvalue weighted by Crippen LogP contribution is 2.28. The molecule has 6 nitrogen and oxygen atoms in total. The van der Waals surface area contributed by atoms with Gasteiger partial charge in [0.25, 0.3) is 5.97 Å². The summed E-state index contributed by atoms with van der Waals surface area (Å²) in [6.07, 6.45) is 10.2. The molecule has 1 aliphatic heterocycles. The molecule has 0 amide bonds. The van der Waals surface area contributed by atoms with Crippen molar-refractivity contribution in [3.63, 3.8) is 0 Å². The van der Waals surface area contributed by atoms with Crippen molar-refractivity contribution in [2.75, 3.05) is 19.8 Å². The van der Waals surface area contributed by atoms with Crippen LogP contribution in [-0.4, -0.2) is 37.7 Å². The van der Waals surface area contributed by atoms with Crippen molar-refractivity contribution in [2.45, 2.75) is 96.9 Å². The molecule has 0 radical (unpaired) electrons. The van der Waals surface area contributed by atoms with Gasteiger partial charge in [0.15, 0.2) is 0 Å². The Morgan fingerprint density at radius 2 is 1.34 bits per heavy atom. The summed E-state index contributed by atoms with van der Waals surface area (Å²) in [4.78, 5) is 22.9. The van der Waals surface area contributed by atoms with E-state index in [2.05, 4.69) is 16.9 Å². The third-order valence-electron chi connectivity index (χ3n) is 5.79. The van der Waals surface area contributed by atoms with Crippen molar-refractivity contribution in [2.24, 2.45) is 0 Å². The average Bonchev–Trinajstić information content (AvgIpc) is 3.11. The summed E-state index contributed by atoms with van der Waals surface area (Å²) in [5, 5.41) is 0. The van der Waals surface area contributed by atoms with Crippen LogP contribution in [0.3, 0.4) is 0 Å². The minimum absolute atomic E-state index is 0.155. The van der Waals surface area contributed by atoms with Crippen molar-refractivity contribution in [1.82, 2.24) is 0 Å². The topological polar surface area (TPSA) is 71.1 Å². The Bertz CT molecular complexity index is 667. The number of esters is 2. The third kappa shape index (κ3) is 8.64. The maximum absolute atomic E-state index is 11.7. The van der Waals surface area contributed by atoms with Crippen LogP contribution >= 0.6 is 0 Å². The summed E-state index contributed by atoms with van der Waals surface area (Å²) < 4.78 is 22.0. The zero-order valence-corrected chi connectivity index (χ0v) is 20.0. The second kappa shape index (κ2) is 14.4. The fourth-order valence-electron chi connectivity index (χ4n) is 4.20. The molecular weight excluding hydrogens is 408 g/mol. The summed E-state index contributed by atoms with van der Waals surface area (Å²) >= 11 is 0. The van der Waals surface area contributed by atoms with Gasteiger partial charge in [0.05, 0.1) is 12.3 Å². The van der Waals surface area contributed by atoms with Crippen LogP contribution in [0, 0.1) is 0 Å². The summed E-state index contributed by atoms with van der Waals surface area (Å²) in [5.74, 6) is -2.16. The number of carbonyl (C=O) groups is 2. The van der Waals surface area contributed by atoms with Gasteiger partial charge in [-0.05, 0) is 51.2 Å². The Labute approximate surface area is 193 Å². The van der Waals surface area contributed by atoms with Crippen molar-refractivity contribution in [1.29, 1.82) is 0 Å². The predicted molar refractivity (Wildman–Crippen MR) is 123 cm³/mol. The van der Waals surface area contributed by atoms with Gasteiger partial charge in [-0.2, -0.15) is 0 Å². The fraction of sp³-hybridized carbons (Fsp3) is 0.692. The zero-order chi connectivity index (χ0) is 23.2. The highest BCUT2D eigenvalue weighted by atomic mass is 16.9. The average molecular weight is 449 g/mol. The number of rotatable bonds is 17. The Hall–Kier alpha value is -1.76. The minimum Gasteiger partial charge on any atom is -0.393 e. The van der Waals surface area contributed by atoms with E-state index in [0.717, 1.165) is 37.7 Å². The van der Waals surface area contributed by atoms with Gasteiger partial charge < -0.3 is 18.9 Å². The van der Waals surface area contributed by atoms with Crippen LogP contribution in [-0.2, 0) is 35.0 Å². The number of cyclic esters (lactones) is 2. The van der Waals surface area contributed by atoms with E-state index in [1.165, 1.54) is 31.2 Å². The molecule has 0 aliphatic carbocycles. The zero-order valence-electron chi connectivity index (χ0n) is 20.0.